The minimum Gasteiger partial charge on any atom is -0.375 e. The molecule has 1 aromatic rings. The number of imide groups is 1. The topological polar surface area (TPSA) is 80.4 Å². The average Bonchev–Trinajstić information content (AvgIpc) is 2.81. The number of carbonyl (C=O) groups excluding carboxylic acids is 2. The quantitative estimate of drug-likeness (QED) is 0.790. The Morgan fingerprint density at radius 3 is 2.47 bits per heavy atom. The fraction of sp³-hybridized carbons (Fsp3) is 0.429. The molecule has 102 valence electrons. The van der Waals surface area contributed by atoms with Gasteiger partial charge in [0.2, 0.25) is 0 Å². The number of likely N-dealkylation sites (tertiary alicyclic amines) is 1. The molecule has 0 aliphatic carbocycles. The second kappa shape index (κ2) is 5.11. The Bertz CT molecular complexity index is 489. The van der Waals surface area contributed by atoms with E-state index in [1.807, 2.05) is 6.92 Å². The van der Waals surface area contributed by atoms with Crippen LogP contribution in [0.15, 0.2) is 30.3 Å². The number of quaternary nitrogens is 1. The van der Waals surface area contributed by atoms with E-state index in [2.05, 4.69) is 0 Å². The maximum absolute atomic E-state index is 12.5. The standard InChI is InChI=1S/C14H18N2O3/c1-10-6-5-9-16(10,14(15)19)13(18)12(17)11-7-3-2-4-8-11/h2-4,7-8,10,12,17H,5-6,9H2,1H3,(H-,15,19)/p+1/t10-,12-,16?/m1/s1. The fourth-order valence-corrected chi connectivity index (χ4v) is 2.84. The van der Waals surface area contributed by atoms with E-state index in [1.54, 1.807) is 30.3 Å². The molecule has 3 N–H and O–H groups in total. The minimum atomic E-state index is -1.31. The molecular formula is C14H19N2O3+. The van der Waals surface area contributed by atoms with Gasteiger partial charge in [0.25, 0.3) is 0 Å². The van der Waals surface area contributed by atoms with Crippen LogP contribution >= 0.6 is 0 Å². The van der Waals surface area contributed by atoms with Crippen LogP contribution in [0.3, 0.4) is 0 Å². The van der Waals surface area contributed by atoms with Gasteiger partial charge in [-0.05, 0) is 12.5 Å². The van der Waals surface area contributed by atoms with Gasteiger partial charge in [0, 0.05) is 12.8 Å². The van der Waals surface area contributed by atoms with Gasteiger partial charge in [-0.3, -0.25) is 0 Å². The second-order valence-corrected chi connectivity index (χ2v) is 5.07. The number of nitrogens with zero attached hydrogens (tertiary/aromatic N) is 1. The Labute approximate surface area is 112 Å². The first-order valence-corrected chi connectivity index (χ1v) is 6.45. The highest BCUT2D eigenvalue weighted by molar-refractivity contribution is 5.86. The summed E-state index contributed by atoms with van der Waals surface area (Å²) in [6.07, 6.45) is 0.210. The van der Waals surface area contributed by atoms with Gasteiger partial charge in [-0.2, -0.15) is 4.48 Å². The van der Waals surface area contributed by atoms with Crippen molar-refractivity contribution in [3.05, 3.63) is 35.9 Å². The molecule has 1 fully saturated rings. The minimum absolute atomic E-state index is 0.177. The molecule has 1 aliphatic rings. The van der Waals surface area contributed by atoms with E-state index in [-0.39, 0.29) is 6.04 Å². The Hall–Kier alpha value is -1.72. The van der Waals surface area contributed by atoms with Crippen molar-refractivity contribution in [2.24, 2.45) is 5.73 Å². The zero-order chi connectivity index (χ0) is 14.0. The number of aliphatic hydroxyl groups is 1. The van der Waals surface area contributed by atoms with Crippen molar-refractivity contribution < 1.29 is 19.2 Å². The third-order valence-electron chi connectivity index (χ3n) is 4.02. The van der Waals surface area contributed by atoms with Gasteiger partial charge in [0.15, 0.2) is 6.10 Å². The summed E-state index contributed by atoms with van der Waals surface area (Å²) in [5.41, 5.74) is 5.93. The summed E-state index contributed by atoms with van der Waals surface area (Å²) in [4.78, 5) is 24.3. The molecule has 0 radical (unpaired) electrons. The van der Waals surface area contributed by atoms with E-state index in [1.165, 1.54) is 0 Å². The summed E-state index contributed by atoms with van der Waals surface area (Å²) in [7, 11) is 0. The first kappa shape index (κ1) is 13.7. The Balaban J connectivity index is 2.34. The second-order valence-electron chi connectivity index (χ2n) is 5.07. The summed E-state index contributed by atoms with van der Waals surface area (Å²) >= 11 is 0. The average molecular weight is 263 g/mol. The maximum Gasteiger partial charge on any atom is 0.421 e. The zero-order valence-electron chi connectivity index (χ0n) is 11.0. The first-order chi connectivity index (χ1) is 9.00. The predicted octanol–water partition coefficient (Wildman–Crippen LogP) is 1.32. The lowest BCUT2D eigenvalue weighted by molar-refractivity contribution is -0.785. The molecular weight excluding hydrogens is 244 g/mol. The summed E-state index contributed by atoms with van der Waals surface area (Å²) in [5.74, 6) is -0.524. The lowest BCUT2D eigenvalue weighted by Crippen LogP contribution is -2.62. The predicted molar refractivity (Wildman–Crippen MR) is 69.8 cm³/mol. The van der Waals surface area contributed by atoms with Crippen LogP contribution in [0.5, 0.6) is 0 Å². The molecule has 5 nitrogen and oxygen atoms in total. The Morgan fingerprint density at radius 2 is 2.00 bits per heavy atom. The van der Waals surface area contributed by atoms with Crippen molar-refractivity contribution in [1.29, 1.82) is 0 Å². The third-order valence-corrected chi connectivity index (χ3v) is 4.02. The molecule has 5 heteroatoms. The highest BCUT2D eigenvalue weighted by Gasteiger charge is 2.53. The van der Waals surface area contributed by atoms with Gasteiger partial charge >= 0.3 is 11.9 Å². The largest absolute Gasteiger partial charge is 0.421 e. The van der Waals surface area contributed by atoms with Crippen molar-refractivity contribution in [1.82, 2.24) is 0 Å². The molecule has 0 aromatic heterocycles. The van der Waals surface area contributed by atoms with Crippen LogP contribution in [0.1, 0.15) is 31.4 Å². The molecule has 2 rings (SSSR count). The van der Waals surface area contributed by atoms with E-state index >= 15 is 0 Å². The maximum atomic E-state index is 12.5. The van der Waals surface area contributed by atoms with Gasteiger partial charge < -0.3 is 10.8 Å². The van der Waals surface area contributed by atoms with Crippen LogP contribution in [-0.2, 0) is 4.79 Å². The zero-order valence-corrected chi connectivity index (χ0v) is 11.0. The van der Waals surface area contributed by atoms with E-state index in [9.17, 15) is 14.7 Å². The normalized spacial score (nSPS) is 28.0. The SMILES string of the molecule is C[C@@H]1CCC[N+]1(C(N)=O)C(=O)[C@H](O)c1ccccc1. The lowest BCUT2D eigenvalue weighted by atomic mass is 10.1. The molecule has 19 heavy (non-hydrogen) atoms. The highest BCUT2D eigenvalue weighted by atomic mass is 16.3. The summed E-state index contributed by atoms with van der Waals surface area (Å²) in [6, 6.07) is 7.77. The van der Waals surface area contributed by atoms with Crippen LogP contribution in [0.25, 0.3) is 0 Å². The number of hydrogen-bond donors (Lipinski definition) is 2. The number of benzene rings is 1. The van der Waals surface area contributed by atoms with Crippen LogP contribution < -0.4 is 5.73 Å². The van der Waals surface area contributed by atoms with Crippen molar-refractivity contribution in [3.63, 3.8) is 0 Å². The van der Waals surface area contributed by atoms with Crippen LogP contribution in [0, 0.1) is 0 Å². The number of carbonyl (C=O) groups is 2. The summed E-state index contributed by atoms with van der Waals surface area (Å²) < 4.78 is -0.448. The number of nitrogens with two attached hydrogens (primary N) is 1. The lowest BCUT2D eigenvalue weighted by Gasteiger charge is -2.32. The molecule has 1 aliphatic heterocycles. The number of aliphatic hydroxyl groups excluding tert-OH is 1. The van der Waals surface area contributed by atoms with Gasteiger partial charge in [0.1, 0.15) is 6.04 Å². The molecule has 1 heterocycles. The molecule has 1 saturated heterocycles. The summed E-state index contributed by atoms with van der Waals surface area (Å²) in [5, 5.41) is 10.2. The Morgan fingerprint density at radius 1 is 1.37 bits per heavy atom. The van der Waals surface area contributed by atoms with Crippen LogP contribution in [0.2, 0.25) is 0 Å². The van der Waals surface area contributed by atoms with Crippen molar-refractivity contribution >= 4 is 11.9 Å². The van der Waals surface area contributed by atoms with Crippen LogP contribution in [-0.4, -0.2) is 34.1 Å². The number of amides is 3. The van der Waals surface area contributed by atoms with Gasteiger partial charge in [-0.25, -0.2) is 9.59 Å². The number of primary amides is 1. The fourth-order valence-electron chi connectivity index (χ4n) is 2.84. The van der Waals surface area contributed by atoms with Crippen molar-refractivity contribution in [2.75, 3.05) is 6.54 Å². The van der Waals surface area contributed by atoms with E-state index in [4.69, 9.17) is 5.73 Å². The molecule has 3 amide bonds. The summed E-state index contributed by atoms with van der Waals surface area (Å²) in [6.45, 7) is 2.20. The van der Waals surface area contributed by atoms with Crippen molar-refractivity contribution in [2.45, 2.75) is 31.9 Å². The van der Waals surface area contributed by atoms with Crippen molar-refractivity contribution in [3.8, 4) is 0 Å². The number of hydrogen-bond acceptors (Lipinski definition) is 3. The van der Waals surface area contributed by atoms with Gasteiger partial charge in [-0.15, -0.1) is 0 Å². The Kier molecular flexibility index (Phi) is 3.68. The van der Waals surface area contributed by atoms with Crippen LogP contribution in [0.4, 0.5) is 4.79 Å². The molecule has 0 spiro atoms. The highest BCUT2D eigenvalue weighted by Crippen LogP contribution is 2.31. The number of urea groups is 1. The smallest absolute Gasteiger partial charge is 0.375 e. The van der Waals surface area contributed by atoms with E-state index in [0.29, 0.717) is 12.1 Å². The monoisotopic (exact) mass is 263 g/mol. The van der Waals surface area contributed by atoms with E-state index < -0.39 is 22.5 Å². The number of rotatable bonds is 2. The molecule has 0 bridgehead atoms. The molecule has 1 unspecified atom stereocenters. The van der Waals surface area contributed by atoms with Gasteiger partial charge in [0.05, 0.1) is 6.54 Å². The molecule has 1 aromatic carbocycles. The van der Waals surface area contributed by atoms with Gasteiger partial charge in [-0.1, -0.05) is 30.3 Å². The first-order valence-electron chi connectivity index (χ1n) is 6.45. The van der Waals surface area contributed by atoms with E-state index in [0.717, 1.165) is 12.8 Å². The third kappa shape index (κ3) is 2.15. The molecule has 0 saturated carbocycles. The molecule has 3 atom stereocenters.